The first-order valence-corrected chi connectivity index (χ1v) is 8.14. The molecule has 0 bridgehead atoms. The first-order chi connectivity index (χ1) is 9.43. The Balaban J connectivity index is 2.59. The zero-order valence-electron chi connectivity index (χ0n) is 12.8. The van der Waals surface area contributed by atoms with Crippen LogP contribution in [0.5, 0.6) is 0 Å². The van der Waals surface area contributed by atoms with Crippen LogP contribution in [0.4, 0.5) is 0 Å². The Labute approximate surface area is 126 Å². The van der Waals surface area contributed by atoms with Gasteiger partial charge in [0.1, 0.15) is 0 Å². The molecule has 1 aromatic rings. The topological polar surface area (TPSA) is 55.1 Å². The lowest BCUT2D eigenvalue weighted by Gasteiger charge is -2.17. The van der Waals surface area contributed by atoms with Crippen LogP contribution in [0.25, 0.3) is 0 Å². The van der Waals surface area contributed by atoms with E-state index in [9.17, 15) is 4.79 Å². The highest BCUT2D eigenvalue weighted by molar-refractivity contribution is 8.00. The van der Waals surface area contributed by atoms with Gasteiger partial charge in [0.25, 0.3) is 0 Å². The molecule has 20 heavy (non-hydrogen) atoms. The predicted molar refractivity (Wildman–Crippen MR) is 86.9 cm³/mol. The van der Waals surface area contributed by atoms with E-state index in [4.69, 9.17) is 5.73 Å². The van der Waals surface area contributed by atoms with Gasteiger partial charge in [0.05, 0.1) is 5.25 Å². The highest BCUT2D eigenvalue weighted by Gasteiger charge is 2.16. The summed E-state index contributed by atoms with van der Waals surface area (Å²) in [4.78, 5) is 13.2. The lowest BCUT2D eigenvalue weighted by Crippen LogP contribution is -2.37. The first kappa shape index (κ1) is 17.1. The molecule has 4 heteroatoms. The molecule has 0 fully saturated rings. The smallest absolute Gasteiger partial charge is 0.233 e. The van der Waals surface area contributed by atoms with E-state index in [-0.39, 0.29) is 23.2 Å². The highest BCUT2D eigenvalue weighted by atomic mass is 32.2. The number of benzene rings is 1. The monoisotopic (exact) mass is 294 g/mol. The lowest BCUT2D eigenvalue weighted by atomic mass is 10.1. The molecule has 1 rings (SSSR count). The van der Waals surface area contributed by atoms with E-state index >= 15 is 0 Å². The van der Waals surface area contributed by atoms with Crippen LogP contribution in [-0.4, -0.2) is 17.2 Å². The van der Waals surface area contributed by atoms with E-state index in [1.807, 2.05) is 32.0 Å². The van der Waals surface area contributed by atoms with Gasteiger partial charge in [-0.15, -0.1) is 11.8 Å². The Hall–Kier alpha value is -1.00. The quantitative estimate of drug-likeness (QED) is 0.757. The van der Waals surface area contributed by atoms with Crippen LogP contribution < -0.4 is 11.1 Å². The van der Waals surface area contributed by atoms with Crippen LogP contribution in [0.2, 0.25) is 0 Å². The first-order valence-electron chi connectivity index (χ1n) is 7.26. The Morgan fingerprint density at radius 1 is 1.35 bits per heavy atom. The summed E-state index contributed by atoms with van der Waals surface area (Å²) >= 11 is 1.58. The van der Waals surface area contributed by atoms with E-state index in [0.29, 0.717) is 0 Å². The van der Waals surface area contributed by atoms with Crippen molar-refractivity contribution < 1.29 is 4.79 Å². The number of nitrogens with one attached hydrogen (secondary N) is 1. The molecule has 0 aromatic heterocycles. The molecule has 0 radical (unpaired) electrons. The fraction of sp³-hybridized carbons (Fsp3) is 0.562. The number of thioether (sulfide) groups is 1. The van der Waals surface area contributed by atoms with Crippen LogP contribution in [0.3, 0.4) is 0 Å². The van der Waals surface area contributed by atoms with Gasteiger partial charge in [0, 0.05) is 17.0 Å². The summed E-state index contributed by atoms with van der Waals surface area (Å²) in [6.07, 6.45) is 2.10. The summed E-state index contributed by atoms with van der Waals surface area (Å²) in [7, 11) is 0. The summed E-state index contributed by atoms with van der Waals surface area (Å²) < 4.78 is 0. The lowest BCUT2D eigenvalue weighted by molar-refractivity contribution is -0.120. The molecule has 1 aromatic carbocycles. The summed E-state index contributed by atoms with van der Waals surface area (Å²) in [5.41, 5.74) is 6.98. The van der Waals surface area contributed by atoms with Gasteiger partial charge in [-0.25, -0.2) is 0 Å². The summed E-state index contributed by atoms with van der Waals surface area (Å²) in [6.45, 7) is 8.08. The predicted octanol–water partition coefficient (Wildman–Crippen LogP) is 3.49. The van der Waals surface area contributed by atoms with Crippen LogP contribution >= 0.6 is 11.8 Å². The van der Waals surface area contributed by atoms with Crippen molar-refractivity contribution in [3.05, 3.63) is 29.8 Å². The van der Waals surface area contributed by atoms with Crippen LogP contribution in [0.15, 0.2) is 29.2 Å². The normalized spacial score (nSPS) is 15.4. The maximum atomic E-state index is 12.1. The molecule has 112 valence electrons. The van der Waals surface area contributed by atoms with Crippen molar-refractivity contribution in [2.45, 2.75) is 62.8 Å². The second-order valence-electron chi connectivity index (χ2n) is 5.32. The molecule has 3 nitrogen and oxygen atoms in total. The summed E-state index contributed by atoms with van der Waals surface area (Å²) in [6, 6.07) is 8.36. The molecule has 1 amide bonds. The molecule has 0 saturated heterocycles. The average Bonchev–Trinajstić information content (AvgIpc) is 2.39. The third kappa shape index (κ3) is 5.55. The van der Waals surface area contributed by atoms with E-state index in [2.05, 4.69) is 25.2 Å². The standard InChI is InChI=1S/C16H26N2OS/c1-5-7-11(2)18-16(19)13(4)20-15-9-6-8-14(10-15)12(3)17/h6,8-13H,5,7,17H2,1-4H3,(H,18,19). The molecular weight excluding hydrogens is 268 g/mol. The molecule has 3 N–H and O–H groups in total. The van der Waals surface area contributed by atoms with Gasteiger partial charge in [-0.3, -0.25) is 4.79 Å². The second kappa shape index (κ2) is 8.32. The Morgan fingerprint density at radius 2 is 2.05 bits per heavy atom. The van der Waals surface area contributed by atoms with Crippen LogP contribution in [0.1, 0.15) is 52.1 Å². The van der Waals surface area contributed by atoms with Crippen LogP contribution in [0, 0.1) is 0 Å². The Bertz CT molecular complexity index is 434. The summed E-state index contributed by atoms with van der Waals surface area (Å²) in [5, 5.41) is 2.95. The maximum absolute atomic E-state index is 12.1. The maximum Gasteiger partial charge on any atom is 0.233 e. The second-order valence-corrected chi connectivity index (χ2v) is 6.73. The largest absolute Gasteiger partial charge is 0.353 e. The number of rotatable bonds is 7. The van der Waals surface area contributed by atoms with Gasteiger partial charge < -0.3 is 11.1 Å². The zero-order valence-corrected chi connectivity index (χ0v) is 13.7. The minimum absolute atomic E-state index is 0.0178. The van der Waals surface area contributed by atoms with Gasteiger partial charge >= 0.3 is 0 Å². The summed E-state index contributed by atoms with van der Waals surface area (Å²) in [5.74, 6) is 0.0992. The zero-order chi connectivity index (χ0) is 15.1. The number of carbonyl (C=O) groups excluding carboxylic acids is 1. The number of nitrogens with two attached hydrogens (primary N) is 1. The van der Waals surface area contributed by atoms with Gasteiger partial charge in [-0.05, 0) is 44.9 Å². The molecule has 0 heterocycles. The van der Waals surface area contributed by atoms with E-state index < -0.39 is 0 Å². The third-order valence-electron chi connectivity index (χ3n) is 3.18. The fourth-order valence-electron chi connectivity index (χ4n) is 1.99. The molecule has 0 aliphatic carbocycles. The number of hydrogen-bond donors (Lipinski definition) is 2. The van der Waals surface area contributed by atoms with Crippen molar-refractivity contribution in [1.29, 1.82) is 0 Å². The van der Waals surface area contributed by atoms with Gasteiger partial charge in [-0.2, -0.15) is 0 Å². The average molecular weight is 294 g/mol. The molecule has 0 aliphatic heterocycles. The Morgan fingerprint density at radius 3 is 2.65 bits per heavy atom. The Kier molecular flexibility index (Phi) is 7.10. The molecule has 3 unspecified atom stereocenters. The third-order valence-corrected chi connectivity index (χ3v) is 4.27. The SMILES string of the molecule is CCCC(C)NC(=O)C(C)Sc1cccc(C(C)N)c1. The molecule has 0 saturated carbocycles. The van der Waals surface area contributed by atoms with Crippen molar-refractivity contribution >= 4 is 17.7 Å². The van der Waals surface area contributed by atoms with Crippen molar-refractivity contribution in [2.75, 3.05) is 0 Å². The minimum atomic E-state index is -0.0994. The molecule has 0 aliphatic rings. The van der Waals surface area contributed by atoms with E-state index in [1.165, 1.54) is 0 Å². The van der Waals surface area contributed by atoms with Crippen molar-refractivity contribution in [2.24, 2.45) is 5.73 Å². The number of amides is 1. The van der Waals surface area contributed by atoms with Gasteiger partial charge in [0.15, 0.2) is 0 Å². The van der Waals surface area contributed by atoms with Gasteiger partial charge in [0.2, 0.25) is 5.91 Å². The van der Waals surface area contributed by atoms with E-state index in [1.54, 1.807) is 11.8 Å². The van der Waals surface area contributed by atoms with E-state index in [0.717, 1.165) is 23.3 Å². The van der Waals surface area contributed by atoms with Crippen molar-refractivity contribution in [3.63, 3.8) is 0 Å². The molecule has 3 atom stereocenters. The fourth-order valence-corrected chi connectivity index (χ4v) is 2.94. The number of carbonyl (C=O) groups is 1. The minimum Gasteiger partial charge on any atom is -0.353 e. The molecular formula is C16H26N2OS. The highest BCUT2D eigenvalue weighted by Crippen LogP contribution is 2.25. The number of hydrogen-bond acceptors (Lipinski definition) is 3. The van der Waals surface area contributed by atoms with Gasteiger partial charge in [-0.1, -0.05) is 25.5 Å². The van der Waals surface area contributed by atoms with Crippen molar-refractivity contribution in [1.82, 2.24) is 5.32 Å². The molecule has 0 spiro atoms. The van der Waals surface area contributed by atoms with Crippen LogP contribution in [-0.2, 0) is 4.79 Å². The van der Waals surface area contributed by atoms with Crippen molar-refractivity contribution in [3.8, 4) is 0 Å².